The van der Waals surface area contributed by atoms with E-state index >= 15 is 0 Å². The fourth-order valence-corrected chi connectivity index (χ4v) is 3.08. The molecular weight excluding hydrogens is 446 g/mol. The van der Waals surface area contributed by atoms with Crippen molar-refractivity contribution in [1.82, 2.24) is 5.43 Å². The van der Waals surface area contributed by atoms with Crippen molar-refractivity contribution in [3.05, 3.63) is 114 Å². The van der Waals surface area contributed by atoms with Crippen LogP contribution in [0.25, 0.3) is 0 Å². The number of nitrogens with zero attached hydrogens (tertiary/aromatic N) is 1. The number of hydrogen-bond donors (Lipinski definition) is 2. The molecule has 2 amide bonds. The molecule has 0 aliphatic rings. The minimum Gasteiger partial charge on any atom is -0.497 e. The quantitative estimate of drug-likeness (QED) is 0.269. The van der Waals surface area contributed by atoms with E-state index in [0.29, 0.717) is 34.1 Å². The monoisotopic (exact) mass is 469 g/mol. The molecule has 0 atom stereocenters. The third kappa shape index (κ3) is 6.58. The number of carbonyl (C=O) groups excluding carboxylic acids is 2. The molecule has 35 heavy (non-hydrogen) atoms. The highest BCUT2D eigenvalue weighted by atomic mass is 16.5. The molecule has 0 unspecified atom stereocenters. The summed E-state index contributed by atoms with van der Waals surface area (Å²) in [6.07, 6.45) is 1.41. The fraction of sp³-hybridized carbons (Fsp3) is 0.0741. The Morgan fingerprint density at radius 1 is 0.829 bits per heavy atom. The maximum atomic E-state index is 12.3. The van der Waals surface area contributed by atoms with Crippen LogP contribution in [0.5, 0.6) is 11.5 Å². The lowest BCUT2D eigenvalue weighted by molar-refractivity contribution is 0.0954. The number of amides is 2. The van der Waals surface area contributed by atoms with Gasteiger partial charge in [0, 0.05) is 16.8 Å². The molecule has 0 radical (unpaired) electrons. The molecule has 0 saturated carbocycles. The molecule has 0 aliphatic carbocycles. The molecule has 0 fully saturated rings. The van der Waals surface area contributed by atoms with Crippen LogP contribution in [0.4, 0.5) is 5.69 Å². The Labute approximate surface area is 202 Å². The van der Waals surface area contributed by atoms with E-state index in [2.05, 4.69) is 15.8 Å². The molecule has 1 aromatic heterocycles. The molecule has 8 heteroatoms. The van der Waals surface area contributed by atoms with Gasteiger partial charge in [-0.15, -0.1) is 0 Å². The Hall–Kier alpha value is -4.85. The van der Waals surface area contributed by atoms with E-state index in [0.717, 1.165) is 5.75 Å². The number of hydrogen-bond acceptors (Lipinski definition) is 6. The van der Waals surface area contributed by atoms with E-state index in [1.807, 2.05) is 30.3 Å². The molecule has 4 rings (SSSR count). The highest BCUT2D eigenvalue weighted by molar-refractivity contribution is 6.04. The maximum absolute atomic E-state index is 12.3. The lowest BCUT2D eigenvalue weighted by Crippen LogP contribution is -2.17. The second kappa shape index (κ2) is 11.3. The Balaban J connectivity index is 1.25. The number of benzene rings is 3. The molecule has 3 aromatic carbocycles. The van der Waals surface area contributed by atoms with Crippen LogP contribution in [0.1, 0.15) is 32.2 Å². The van der Waals surface area contributed by atoms with Crippen LogP contribution in [0.15, 0.2) is 101 Å². The number of ether oxygens (including phenoxy) is 2. The fourth-order valence-electron chi connectivity index (χ4n) is 3.08. The predicted molar refractivity (Wildman–Crippen MR) is 132 cm³/mol. The standard InChI is InChI=1S/C27H23N3O5/c1-33-22-11-13-23(14-12-22)34-18-25-16-15-24(35-25)17-28-30-27(32)20-7-9-21(10-8-20)29-26(31)19-5-3-2-4-6-19/h2-17H,18H2,1H3,(H,29,31)(H,30,32)/b28-17+. The van der Waals surface area contributed by atoms with Gasteiger partial charge in [0.15, 0.2) is 0 Å². The summed E-state index contributed by atoms with van der Waals surface area (Å²) >= 11 is 0. The number of carbonyl (C=O) groups is 2. The summed E-state index contributed by atoms with van der Waals surface area (Å²) < 4.78 is 16.4. The minimum absolute atomic E-state index is 0.223. The molecule has 4 aromatic rings. The lowest BCUT2D eigenvalue weighted by atomic mass is 10.2. The van der Waals surface area contributed by atoms with E-state index in [-0.39, 0.29) is 12.5 Å². The summed E-state index contributed by atoms with van der Waals surface area (Å²) in [6.45, 7) is 0.250. The van der Waals surface area contributed by atoms with Crippen LogP contribution in [-0.4, -0.2) is 25.1 Å². The van der Waals surface area contributed by atoms with Gasteiger partial charge in [-0.25, -0.2) is 5.43 Å². The first-order valence-electron chi connectivity index (χ1n) is 10.8. The normalized spacial score (nSPS) is 10.7. The van der Waals surface area contributed by atoms with Crippen LogP contribution in [0.2, 0.25) is 0 Å². The first-order valence-corrected chi connectivity index (χ1v) is 10.8. The summed E-state index contributed by atoms with van der Waals surface area (Å²) in [4.78, 5) is 24.5. The lowest BCUT2D eigenvalue weighted by Gasteiger charge is -2.06. The van der Waals surface area contributed by atoms with Gasteiger partial charge >= 0.3 is 0 Å². The van der Waals surface area contributed by atoms with E-state index < -0.39 is 5.91 Å². The van der Waals surface area contributed by atoms with Gasteiger partial charge in [-0.05, 0) is 72.8 Å². The first-order chi connectivity index (χ1) is 17.1. The molecule has 1 heterocycles. The third-order valence-electron chi connectivity index (χ3n) is 4.92. The summed E-state index contributed by atoms with van der Waals surface area (Å²) in [7, 11) is 1.61. The van der Waals surface area contributed by atoms with E-state index in [9.17, 15) is 9.59 Å². The molecule has 0 saturated heterocycles. The molecule has 8 nitrogen and oxygen atoms in total. The number of anilines is 1. The number of rotatable bonds is 9. The number of methoxy groups -OCH3 is 1. The van der Waals surface area contributed by atoms with Crippen molar-refractivity contribution in [3.63, 3.8) is 0 Å². The second-order valence-corrected chi connectivity index (χ2v) is 7.36. The highest BCUT2D eigenvalue weighted by Gasteiger charge is 2.08. The van der Waals surface area contributed by atoms with Gasteiger partial charge in [0.2, 0.25) is 0 Å². The average Bonchev–Trinajstić information content (AvgIpc) is 3.36. The van der Waals surface area contributed by atoms with Gasteiger partial charge in [0.1, 0.15) is 29.6 Å². The van der Waals surface area contributed by atoms with Gasteiger partial charge in [-0.3, -0.25) is 9.59 Å². The second-order valence-electron chi connectivity index (χ2n) is 7.36. The van der Waals surface area contributed by atoms with E-state index in [1.165, 1.54) is 6.21 Å². The predicted octanol–water partition coefficient (Wildman–Crippen LogP) is 4.88. The van der Waals surface area contributed by atoms with E-state index in [4.69, 9.17) is 13.9 Å². The summed E-state index contributed by atoms with van der Waals surface area (Å²) in [5, 5.41) is 6.73. The Kier molecular flexibility index (Phi) is 7.55. The van der Waals surface area contributed by atoms with Crippen molar-refractivity contribution < 1.29 is 23.5 Å². The SMILES string of the molecule is COc1ccc(OCc2ccc(/C=N/NC(=O)c3ccc(NC(=O)c4ccccc4)cc3)o2)cc1. The smallest absolute Gasteiger partial charge is 0.271 e. The molecule has 176 valence electrons. The van der Waals surface area contributed by atoms with Crippen molar-refractivity contribution in [1.29, 1.82) is 0 Å². The van der Waals surface area contributed by atoms with Gasteiger partial charge in [-0.1, -0.05) is 18.2 Å². The molecular formula is C27H23N3O5. The highest BCUT2D eigenvalue weighted by Crippen LogP contribution is 2.18. The summed E-state index contributed by atoms with van der Waals surface area (Å²) in [6, 6.07) is 26.1. The van der Waals surface area contributed by atoms with Crippen LogP contribution >= 0.6 is 0 Å². The Morgan fingerprint density at radius 3 is 2.23 bits per heavy atom. The molecule has 0 aliphatic heterocycles. The van der Waals surface area contributed by atoms with Gasteiger partial charge in [0.25, 0.3) is 11.8 Å². The average molecular weight is 469 g/mol. The molecule has 2 N–H and O–H groups in total. The minimum atomic E-state index is -0.392. The van der Waals surface area contributed by atoms with Crippen molar-refractivity contribution in [2.45, 2.75) is 6.61 Å². The Bertz CT molecular complexity index is 1300. The van der Waals surface area contributed by atoms with Crippen molar-refractivity contribution in [3.8, 4) is 11.5 Å². The van der Waals surface area contributed by atoms with Crippen LogP contribution in [-0.2, 0) is 6.61 Å². The zero-order chi connectivity index (χ0) is 24.5. The summed E-state index contributed by atoms with van der Waals surface area (Å²) in [5.74, 6) is 1.91. The third-order valence-corrected chi connectivity index (χ3v) is 4.92. The van der Waals surface area contributed by atoms with Crippen molar-refractivity contribution in [2.24, 2.45) is 5.10 Å². The number of furan rings is 1. The van der Waals surface area contributed by atoms with Crippen LogP contribution in [0, 0.1) is 0 Å². The van der Waals surface area contributed by atoms with Crippen molar-refractivity contribution >= 4 is 23.7 Å². The summed E-state index contributed by atoms with van der Waals surface area (Å²) in [5.41, 5.74) is 3.98. The zero-order valence-electron chi connectivity index (χ0n) is 18.9. The van der Waals surface area contributed by atoms with Crippen LogP contribution in [0.3, 0.4) is 0 Å². The maximum Gasteiger partial charge on any atom is 0.271 e. The Morgan fingerprint density at radius 2 is 1.51 bits per heavy atom. The number of hydrazone groups is 1. The van der Waals surface area contributed by atoms with E-state index in [1.54, 1.807) is 67.8 Å². The van der Waals surface area contributed by atoms with Crippen molar-refractivity contribution in [2.75, 3.05) is 12.4 Å². The van der Waals surface area contributed by atoms with Gasteiger partial charge < -0.3 is 19.2 Å². The number of nitrogens with one attached hydrogen (secondary N) is 2. The van der Waals surface area contributed by atoms with Crippen LogP contribution < -0.4 is 20.2 Å². The largest absolute Gasteiger partial charge is 0.497 e. The van der Waals surface area contributed by atoms with Gasteiger partial charge in [0.05, 0.1) is 13.3 Å². The molecule has 0 bridgehead atoms. The van der Waals surface area contributed by atoms with Gasteiger partial charge in [-0.2, -0.15) is 5.10 Å². The zero-order valence-corrected chi connectivity index (χ0v) is 18.9. The topological polar surface area (TPSA) is 102 Å². The molecule has 0 spiro atoms. The first kappa shape index (κ1) is 23.3.